The van der Waals surface area contributed by atoms with E-state index in [0.29, 0.717) is 22.6 Å². The van der Waals surface area contributed by atoms with Crippen LogP contribution in [0.1, 0.15) is 12.5 Å². The van der Waals surface area contributed by atoms with Gasteiger partial charge in [0.25, 0.3) is 5.56 Å². The molecule has 0 saturated heterocycles. The van der Waals surface area contributed by atoms with Crippen molar-refractivity contribution in [1.29, 1.82) is 0 Å². The van der Waals surface area contributed by atoms with Gasteiger partial charge >= 0.3 is 0 Å². The van der Waals surface area contributed by atoms with Gasteiger partial charge in [-0.2, -0.15) is 0 Å². The van der Waals surface area contributed by atoms with Gasteiger partial charge in [-0.3, -0.25) is 14.2 Å². The molecule has 1 heterocycles. The molecule has 1 atom stereocenters. The van der Waals surface area contributed by atoms with Crippen LogP contribution in [0.5, 0.6) is 0 Å². The number of hydrogen-bond acceptors (Lipinski definition) is 4. The first kappa shape index (κ1) is 18.2. The highest BCUT2D eigenvalue weighted by atomic mass is 32.2. The molecule has 0 aliphatic carbocycles. The zero-order valence-corrected chi connectivity index (χ0v) is 15.6. The summed E-state index contributed by atoms with van der Waals surface area (Å²) in [5.74, 6) is -0.0617. The number of aromatic nitrogens is 2. The van der Waals surface area contributed by atoms with E-state index in [1.807, 2.05) is 55.5 Å². The SMILES string of the molecule is CC(Sc1nc2ccccc2c(=O)n1C)C(=O)NCCc1ccccc1. The van der Waals surface area contributed by atoms with Crippen LogP contribution in [0.25, 0.3) is 10.9 Å². The zero-order chi connectivity index (χ0) is 18.5. The molecule has 134 valence electrons. The molecule has 1 unspecified atom stereocenters. The number of rotatable bonds is 6. The second-order valence-corrected chi connectivity index (χ2v) is 7.37. The van der Waals surface area contributed by atoms with Crippen molar-refractivity contribution >= 4 is 28.6 Å². The minimum atomic E-state index is -0.343. The van der Waals surface area contributed by atoms with E-state index >= 15 is 0 Å². The van der Waals surface area contributed by atoms with E-state index in [0.717, 1.165) is 6.42 Å². The molecule has 1 N–H and O–H groups in total. The number of nitrogens with one attached hydrogen (secondary N) is 1. The van der Waals surface area contributed by atoms with E-state index in [1.54, 1.807) is 13.1 Å². The Morgan fingerprint density at radius 2 is 1.85 bits per heavy atom. The molecule has 1 aromatic heterocycles. The van der Waals surface area contributed by atoms with E-state index in [-0.39, 0.29) is 16.7 Å². The van der Waals surface area contributed by atoms with Gasteiger partial charge in [0.05, 0.1) is 16.2 Å². The summed E-state index contributed by atoms with van der Waals surface area (Å²) in [5, 5.41) is 3.73. The average Bonchev–Trinajstić information content (AvgIpc) is 2.66. The van der Waals surface area contributed by atoms with Crippen molar-refractivity contribution in [3.8, 4) is 0 Å². The maximum atomic E-state index is 12.4. The van der Waals surface area contributed by atoms with Crippen molar-refractivity contribution in [3.05, 3.63) is 70.5 Å². The summed E-state index contributed by atoms with van der Waals surface area (Å²) in [5.41, 5.74) is 1.73. The first-order chi connectivity index (χ1) is 12.6. The quantitative estimate of drug-likeness (QED) is 0.537. The van der Waals surface area contributed by atoms with Crippen molar-refractivity contribution in [2.45, 2.75) is 23.8 Å². The van der Waals surface area contributed by atoms with Crippen molar-refractivity contribution in [1.82, 2.24) is 14.9 Å². The van der Waals surface area contributed by atoms with E-state index in [4.69, 9.17) is 0 Å². The number of hydrogen-bond donors (Lipinski definition) is 1. The Hall–Kier alpha value is -2.60. The summed E-state index contributed by atoms with van der Waals surface area (Å²) in [6.45, 7) is 2.40. The lowest BCUT2D eigenvalue weighted by molar-refractivity contribution is -0.120. The Balaban J connectivity index is 1.64. The second-order valence-electron chi connectivity index (χ2n) is 6.06. The van der Waals surface area contributed by atoms with Crippen LogP contribution in [-0.4, -0.2) is 27.3 Å². The van der Waals surface area contributed by atoms with Crippen LogP contribution in [0, 0.1) is 0 Å². The number of nitrogens with zero attached hydrogens (tertiary/aromatic N) is 2. The Morgan fingerprint density at radius 1 is 1.15 bits per heavy atom. The normalized spacial score (nSPS) is 12.1. The van der Waals surface area contributed by atoms with Gasteiger partial charge < -0.3 is 5.32 Å². The molecule has 1 amide bonds. The summed E-state index contributed by atoms with van der Waals surface area (Å²) in [6.07, 6.45) is 0.788. The fourth-order valence-electron chi connectivity index (χ4n) is 2.63. The number of amides is 1. The molecule has 2 aromatic carbocycles. The number of fused-ring (bicyclic) bond motifs is 1. The molecule has 0 spiro atoms. The lowest BCUT2D eigenvalue weighted by Crippen LogP contribution is -2.33. The minimum Gasteiger partial charge on any atom is -0.355 e. The summed E-state index contributed by atoms with van der Waals surface area (Å²) in [7, 11) is 1.68. The largest absolute Gasteiger partial charge is 0.355 e. The maximum absolute atomic E-state index is 12.4. The minimum absolute atomic E-state index is 0.0617. The molecule has 0 saturated carbocycles. The van der Waals surface area contributed by atoms with Gasteiger partial charge in [-0.25, -0.2) is 4.98 Å². The summed E-state index contributed by atoms with van der Waals surface area (Å²) < 4.78 is 1.50. The van der Waals surface area contributed by atoms with Gasteiger partial charge in [0.15, 0.2) is 5.16 Å². The van der Waals surface area contributed by atoms with E-state index in [2.05, 4.69) is 10.3 Å². The fraction of sp³-hybridized carbons (Fsp3) is 0.250. The molecule has 0 bridgehead atoms. The predicted octanol–water partition coefficient (Wildman–Crippen LogP) is 2.77. The standard InChI is InChI=1S/C20H21N3O2S/c1-14(18(24)21-13-12-15-8-4-3-5-9-15)26-20-22-17-11-7-6-10-16(17)19(25)23(20)2/h3-11,14H,12-13H2,1-2H3,(H,21,24). The lowest BCUT2D eigenvalue weighted by atomic mass is 10.1. The van der Waals surface area contributed by atoms with Crippen molar-refractivity contribution in [2.75, 3.05) is 6.54 Å². The van der Waals surface area contributed by atoms with Gasteiger partial charge in [0.1, 0.15) is 0 Å². The van der Waals surface area contributed by atoms with Crippen LogP contribution in [0.15, 0.2) is 64.5 Å². The van der Waals surface area contributed by atoms with Gasteiger partial charge in [-0.05, 0) is 31.0 Å². The van der Waals surface area contributed by atoms with E-state index < -0.39 is 0 Å². The molecule has 26 heavy (non-hydrogen) atoms. The van der Waals surface area contributed by atoms with Gasteiger partial charge in [-0.1, -0.05) is 54.2 Å². The van der Waals surface area contributed by atoms with Gasteiger partial charge in [0, 0.05) is 13.6 Å². The molecule has 3 aromatic rings. The number of benzene rings is 2. The molecule has 0 radical (unpaired) electrons. The molecule has 3 rings (SSSR count). The fourth-order valence-corrected chi connectivity index (χ4v) is 3.53. The molecule has 0 aliphatic heterocycles. The molecule has 0 fully saturated rings. The molecule has 5 nitrogen and oxygen atoms in total. The number of thioether (sulfide) groups is 1. The van der Waals surface area contributed by atoms with Gasteiger partial charge in [0.2, 0.25) is 5.91 Å². The van der Waals surface area contributed by atoms with Crippen LogP contribution in [0.3, 0.4) is 0 Å². The predicted molar refractivity (Wildman–Crippen MR) is 105 cm³/mol. The maximum Gasteiger partial charge on any atom is 0.261 e. The van der Waals surface area contributed by atoms with Crippen molar-refractivity contribution in [2.24, 2.45) is 7.05 Å². The van der Waals surface area contributed by atoms with Crippen LogP contribution in [-0.2, 0) is 18.3 Å². The van der Waals surface area contributed by atoms with E-state index in [1.165, 1.54) is 21.9 Å². The third-order valence-corrected chi connectivity index (χ3v) is 5.29. The number of carbonyl (C=O) groups excluding carboxylic acids is 1. The lowest BCUT2D eigenvalue weighted by Gasteiger charge is -2.14. The van der Waals surface area contributed by atoms with Crippen molar-refractivity contribution in [3.63, 3.8) is 0 Å². The average molecular weight is 367 g/mol. The monoisotopic (exact) mass is 367 g/mol. The summed E-state index contributed by atoms with van der Waals surface area (Å²) in [4.78, 5) is 29.3. The Kier molecular flexibility index (Phi) is 5.73. The van der Waals surface area contributed by atoms with Crippen LogP contribution >= 0.6 is 11.8 Å². The number of carbonyl (C=O) groups is 1. The Morgan fingerprint density at radius 3 is 2.62 bits per heavy atom. The van der Waals surface area contributed by atoms with Crippen LogP contribution in [0.4, 0.5) is 0 Å². The van der Waals surface area contributed by atoms with E-state index in [9.17, 15) is 9.59 Å². The Labute approximate surface area is 156 Å². The van der Waals surface area contributed by atoms with Gasteiger partial charge in [-0.15, -0.1) is 0 Å². The molecular weight excluding hydrogens is 346 g/mol. The number of para-hydroxylation sites is 1. The highest BCUT2D eigenvalue weighted by molar-refractivity contribution is 8.00. The van der Waals surface area contributed by atoms with Crippen LogP contribution < -0.4 is 10.9 Å². The highest BCUT2D eigenvalue weighted by Crippen LogP contribution is 2.21. The zero-order valence-electron chi connectivity index (χ0n) is 14.8. The van der Waals surface area contributed by atoms with Crippen LogP contribution in [0.2, 0.25) is 0 Å². The highest BCUT2D eigenvalue weighted by Gasteiger charge is 2.17. The first-order valence-corrected chi connectivity index (χ1v) is 9.38. The summed E-state index contributed by atoms with van der Waals surface area (Å²) >= 11 is 1.29. The first-order valence-electron chi connectivity index (χ1n) is 8.50. The summed E-state index contributed by atoms with van der Waals surface area (Å²) in [6, 6.07) is 17.3. The smallest absolute Gasteiger partial charge is 0.261 e. The second kappa shape index (κ2) is 8.19. The molecular formula is C20H21N3O2S. The third kappa shape index (κ3) is 4.14. The topological polar surface area (TPSA) is 64.0 Å². The van der Waals surface area contributed by atoms with Crippen molar-refractivity contribution < 1.29 is 4.79 Å². The Bertz CT molecular complexity index is 970. The molecule has 6 heteroatoms. The third-order valence-electron chi connectivity index (χ3n) is 4.15. The molecule has 0 aliphatic rings.